The molecule has 0 bridgehead atoms. The van der Waals surface area contributed by atoms with Gasteiger partial charge in [0.05, 0.1) is 0 Å². The van der Waals surface area contributed by atoms with Crippen LogP contribution in [0.25, 0.3) is 0 Å². The molecule has 0 aliphatic heterocycles. The molecule has 0 aliphatic carbocycles. The van der Waals surface area contributed by atoms with Crippen LogP contribution in [0, 0.1) is 0 Å². The third-order valence-corrected chi connectivity index (χ3v) is 0. The van der Waals surface area contributed by atoms with Crippen LogP contribution in [0.2, 0.25) is 0 Å². The Morgan fingerprint density at radius 1 is 1.14 bits per heavy atom. The van der Waals surface area contributed by atoms with Crippen LogP contribution in [0.15, 0.2) is 0 Å². The standard InChI is InChI=1S/K.H2O4S.H2Se.H/c;1-5(2,3)4;;/h;(H2,1,2,3,4);1H2;. The molecular weight excluding hydrogens is 214 g/mol. The van der Waals surface area contributed by atoms with Gasteiger partial charge in [0.25, 0.3) is 0 Å². The van der Waals surface area contributed by atoms with Crippen molar-refractivity contribution < 1.29 is 17.5 Å². The summed E-state index contributed by atoms with van der Waals surface area (Å²) < 4.78 is 31.6. The molecular formula is H5KO4SSe. The maximum atomic E-state index is 8.74. The van der Waals surface area contributed by atoms with Crippen molar-refractivity contribution in [1.82, 2.24) is 0 Å². The third-order valence-electron chi connectivity index (χ3n) is 0. The summed E-state index contributed by atoms with van der Waals surface area (Å²) in [7, 11) is -4.67. The van der Waals surface area contributed by atoms with Crippen LogP contribution in [-0.4, -0.2) is 86.0 Å². The molecule has 0 radical (unpaired) electrons. The quantitative estimate of drug-likeness (QED) is 0.357. The first-order chi connectivity index (χ1) is 2.00. The minimum absolute atomic E-state index is 0. The van der Waals surface area contributed by atoms with Crippen LogP contribution in [0.4, 0.5) is 0 Å². The first-order valence-corrected chi connectivity index (χ1v) is 2.10. The van der Waals surface area contributed by atoms with Gasteiger partial charge in [0.2, 0.25) is 0 Å². The molecule has 0 aliphatic rings. The van der Waals surface area contributed by atoms with Crippen molar-refractivity contribution in [3.05, 3.63) is 0 Å². The normalized spacial score (nSPS) is 8.29. The zero-order valence-electron chi connectivity index (χ0n) is 2.62. The van der Waals surface area contributed by atoms with Gasteiger partial charge in [-0.1, -0.05) is 0 Å². The molecule has 0 aromatic rings. The topological polar surface area (TPSA) is 74.6 Å². The molecule has 2 N–H and O–H groups in total. The zero-order chi connectivity index (χ0) is 4.50. The van der Waals surface area contributed by atoms with Crippen LogP contribution in [0.1, 0.15) is 0 Å². The maximum absolute atomic E-state index is 8.74. The molecule has 0 fully saturated rings. The number of rotatable bonds is 0. The summed E-state index contributed by atoms with van der Waals surface area (Å²) in [5.41, 5.74) is 0. The number of hydrogen-bond acceptors (Lipinski definition) is 2. The van der Waals surface area contributed by atoms with Gasteiger partial charge in [-0.25, -0.2) is 0 Å². The van der Waals surface area contributed by atoms with Crippen molar-refractivity contribution in [3.8, 4) is 0 Å². The summed E-state index contributed by atoms with van der Waals surface area (Å²) in [6.45, 7) is 0. The minimum atomic E-state index is -4.67. The molecule has 0 aromatic carbocycles. The van der Waals surface area contributed by atoms with Gasteiger partial charge in [0.1, 0.15) is 0 Å². The van der Waals surface area contributed by atoms with Crippen molar-refractivity contribution in [2.24, 2.45) is 0 Å². The van der Waals surface area contributed by atoms with Gasteiger partial charge in [0, 0.05) is 0 Å². The van der Waals surface area contributed by atoms with E-state index < -0.39 is 10.4 Å². The fourth-order valence-corrected chi connectivity index (χ4v) is 0. The van der Waals surface area contributed by atoms with E-state index in [-0.39, 0.29) is 68.5 Å². The second kappa shape index (κ2) is 6.15. The SMILES string of the molecule is O=S(=O)(O)O.[KH].[SeH2]. The molecule has 0 spiro atoms. The van der Waals surface area contributed by atoms with E-state index in [4.69, 9.17) is 17.5 Å². The first-order valence-electron chi connectivity index (χ1n) is 0.698. The molecule has 42 valence electrons. The first kappa shape index (κ1) is 16.0. The summed E-state index contributed by atoms with van der Waals surface area (Å²) in [5.74, 6) is 0. The molecule has 0 atom stereocenters. The van der Waals surface area contributed by atoms with Crippen molar-refractivity contribution in [1.29, 1.82) is 0 Å². The van der Waals surface area contributed by atoms with E-state index in [1.807, 2.05) is 0 Å². The Hall–Kier alpha value is 2.03. The summed E-state index contributed by atoms with van der Waals surface area (Å²) in [6, 6.07) is 0. The predicted molar refractivity (Wildman–Crippen MR) is 29.9 cm³/mol. The average molecular weight is 219 g/mol. The second-order valence-electron chi connectivity index (χ2n) is 0.448. The van der Waals surface area contributed by atoms with Crippen LogP contribution in [-0.2, 0) is 10.4 Å². The Kier molecular flexibility index (Phi) is 14.1. The van der Waals surface area contributed by atoms with Gasteiger partial charge in [-0.2, -0.15) is 8.42 Å². The van der Waals surface area contributed by atoms with E-state index in [1.54, 1.807) is 0 Å². The van der Waals surface area contributed by atoms with Gasteiger partial charge in [-0.15, -0.1) is 0 Å². The van der Waals surface area contributed by atoms with E-state index in [9.17, 15) is 0 Å². The fraction of sp³-hybridized carbons (Fsp3) is 0. The Bertz CT molecular complexity index is 94.9. The van der Waals surface area contributed by atoms with E-state index in [2.05, 4.69) is 0 Å². The third kappa shape index (κ3) is 71.0. The second-order valence-corrected chi connectivity index (χ2v) is 1.34. The summed E-state index contributed by atoms with van der Waals surface area (Å²) in [4.78, 5) is 0. The van der Waals surface area contributed by atoms with Crippen molar-refractivity contribution in [3.63, 3.8) is 0 Å². The van der Waals surface area contributed by atoms with Gasteiger partial charge in [-0.05, 0) is 0 Å². The molecule has 0 amide bonds. The molecule has 7 heavy (non-hydrogen) atoms. The van der Waals surface area contributed by atoms with Gasteiger partial charge in [-0.3, -0.25) is 9.11 Å². The van der Waals surface area contributed by atoms with Gasteiger partial charge >= 0.3 is 78.9 Å². The van der Waals surface area contributed by atoms with Crippen LogP contribution < -0.4 is 0 Å². The van der Waals surface area contributed by atoms with E-state index >= 15 is 0 Å². The van der Waals surface area contributed by atoms with E-state index in [0.717, 1.165) is 0 Å². The van der Waals surface area contributed by atoms with Crippen molar-refractivity contribution >= 4 is 78.9 Å². The molecule has 0 rings (SSSR count). The molecule has 7 heteroatoms. The van der Waals surface area contributed by atoms with Crippen LogP contribution in [0.5, 0.6) is 0 Å². The van der Waals surface area contributed by atoms with Gasteiger partial charge in [0.15, 0.2) is 0 Å². The Morgan fingerprint density at radius 2 is 1.14 bits per heavy atom. The predicted octanol–water partition coefficient (Wildman–Crippen LogP) is -2.22. The summed E-state index contributed by atoms with van der Waals surface area (Å²) >= 11 is 0. The van der Waals surface area contributed by atoms with E-state index in [0.29, 0.717) is 0 Å². The number of hydrogen-bond donors (Lipinski definition) is 2. The fourth-order valence-electron chi connectivity index (χ4n) is 0. The van der Waals surface area contributed by atoms with E-state index in [1.165, 1.54) is 0 Å². The Labute approximate surface area is 94.5 Å². The summed E-state index contributed by atoms with van der Waals surface area (Å²) in [5, 5.41) is 0. The van der Waals surface area contributed by atoms with Crippen molar-refractivity contribution in [2.45, 2.75) is 0 Å². The molecule has 0 saturated carbocycles. The zero-order valence-corrected chi connectivity index (χ0v) is 5.53. The molecule has 0 unspecified atom stereocenters. The van der Waals surface area contributed by atoms with Crippen molar-refractivity contribution in [2.75, 3.05) is 0 Å². The van der Waals surface area contributed by atoms with Crippen LogP contribution >= 0.6 is 0 Å². The van der Waals surface area contributed by atoms with Crippen LogP contribution in [0.3, 0.4) is 0 Å². The monoisotopic (exact) mass is 220 g/mol. The molecule has 4 nitrogen and oxygen atoms in total. The Balaban J connectivity index is -0.0000000800. The Morgan fingerprint density at radius 3 is 1.14 bits per heavy atom. The molecule has 0 saturated heterocycles. The summed E-state index contributed by atoms with van der Waals surface area (Å²) in [6.07, 6.45) is 0. The molecule has 0 heterocycles. The van der Waals surface area contributed by atoms with Gasteiger partial charge < -0.3 is 0 Å². The molecule has 0 aromatic heterocycles. The average Bonchev–Trinajstić information content (AvgIpc) is 0.722.